The number of nitrogens with one attached hydrogen (secondary N) is 1. The SMILES string of the molecule is CCC(C)n1ncc2c(C(=O)NCCCO)cc(C)nc21. The number of aliphatic hydroxyl groups excluding tert-OH is 1. The topological polar surface area (TPSA) is 80.0 Å². The fourth-order valence-electron chi connectivity index (χ4n) is 2.20. The third kappa shape index (κ3) is 3.21. The summed E-state index contributed by atoms with van der Waals surface area (Å²) in [6.45, 7) is 6.57. The van der Waals surface area contributed by atoms with E-state index in [0.717, 1.165) is 23.1 Å². The van der Waals surface area contributed by atoms with Crippen LogP contribution in [0.5, 0.6) is 0 Å². The molecule has 0 radical (unpaired) electrons. The molecule has 0 saturated heterocycles. The van der Waals surface area contributed by atoms with E-state index in [2.05, 4.69) is 29.2 Å². The predicted molar refractivity (Wildman–Crippen MR) is 81.3 cm³/mol. The van der Waals surface area contributed by atoms with E-state index in [1.54, 1.807) is 12.3 Å². The highest BCUT2D eigenvalue weighted by Crippen LogP contribution is 2.22. The number of rotatable bonds is 6. The summed E-state index contributed by atoms with van der Waals surface area (Å²) in [6.07, 6.45) is 3.20. The molecular formula is C15H22N4O2. The zero-order valence-electron chi connectivity index (χ0n) is 12.8. The highest BCUT2D eigenvalue weighted by atomic mass is 16.3. The molecule has 0 spiro atoms. The van der Waals surface area contributed by atoms with Crippen LogP contribution in [0.3, 0.4) is 0 Å². The lowest BCUT2D eigenvalue weighted by Gasteiger charge is -2.11. The third-order valence-corrected chi connectivity index (χ3v) is 3.57. The Bertz CT molecular complexity index is 636. The second-order valence-corrected chi connectivity index (χ2v) is 5.23. The Morgan fingerprint density at radius 3 is 2.95 bits per heavy atom. The lowest BCUT2D eigenvalue weighted by atomic mass is 10.1. The predicted octanol–water partition coefficient (Wildman–Crippen LogP) is 1.82. The Morgan fingerprint density at radius 1 is 1.52 bits per heavy atom. The zero-order valence-corrected chi connectivity index (χ0v) is 12.8. The summed E-state index contributed by atoms with van der Waals surface area (Å²) in [5.74, 6) is -0.150. The number of aliphatic hydroxyl groups is 1. The minimum absolute atomic E-state index is 0.0665. The molecule has 0 fully saturated rings. The molecule has 0 aromatic carbocycles. The number of pyridine rings is 1. The molecular weight excluding hydrogens is 268 g/mol. The van der Waals surface area contributed by atoms with Crippen LogP contribution in [-0.2, 0) is 0 Å². The van der Waals surface area contributed by atoms with Crippen molar-refractivity contribution in [3.05, 3.63) is 23.5 Å². The van der Waals surface area contributed by atoms with Crippen LogP contribution in [0, 0.1) is 6.92 Å². The molecule has 1 unspecified atom stereocenters. The van der Waals surface area contributed by atoms with Gasteiger partial charge in [-0.3, -0.25) is 4.79 Å². The molecule has 114 valence electrons. The largest absolute Gasteiger partial charge is 0.396 e. The molecule has 6 nitrogen and oxygen atoms in total. The third-order valence-electron chi connectivity index (χ3n) is 3.57. The molecule has 2 heterocycles. The Balaban J connectivity index is 2.40. The second-order valence-electron chi connectivity index (χ2n) is 5.23. The van der Waals surface area contributed by atoms with Gasteiger partial charge in [0.15, 0.2) is 5.65 Å². The van der Waals surface area contributed by atoms with Gasteiger partial charge in [-0.25, -0.2) is 9.67 Å². The van der Waals surface area contributed by atoms with Gasteiger partial charge < -0.3 is 10.4 Å². The van der Waals surface area contributed by atoms with Crippen molar-refractivity contribution in [1.29, 1.82) is 0 Å². The van der Waals surface area contributed by atoms with E-state index in [1.807, 2.05) is 11.6 Å². The van der Waals surface area contributed by atoms with Gasteiger partial charge in [0.2, 0.25) is 0 Å². The van der Waals surface area contributed by atoms with E-state index in [0.29, 0.717) is 18.5 Å². The summed E-state index contributed by atoms with van der Waals surface area (Å²) in [7, 11) is 0. The van der Waals surface area contributed by atoms with Crippen molar-refractivity contribution in [2.24, 2.45) is 0 Å². The second kappa shape index (κ2) is 6.67. The van der Waals surface area contributed by atoms with Crippen molar-refractivity contribution in [2.75, 3.05) is 13.2 Å². The summed E-state index contributed by atoms with van der Waals surface area (Å²) in [5, 5.41) is 16.7. The van der Waals surface area contributed by atoms with Crippen molar-refractivity contribution in [2.45, 2.75) is 39.7 Å². The number of aromatic nitrogens is 3. The van der Waals surface area contributed by atoms with Gasteiger partial charge in [0.05, 0.1) is 23.2 Å². The summed E-state index contributed by atoms with van der Waals surface area (Å²) in [5.41, 5.74) is 2.13. The van der Waals surface area contributed by atoms with E-state index in [4.69, 9.17) is 5.11 Å². The number of carbonyl (C=O) groups is 1. The van der Waals surface area contributed by atoms with Gasteiger partial charge in [0.1, 0.15) is 0 Å². The Kier molecular flexibility index (Phi) is 4.90. The van der Waals surface area contributed by atoms with Gasteiger partial charge in [-0.1, -0.05) is 6.92 Å². The van der Waals surface area contributed by atoms with Crippen LogP contribution in [0.4, 0.5) is 0 Å². The smallest absolute Gasteiger partial charge is 0.252 e. The molecule has 0 aliphatic rings. The number of hydrogen-bond donors (Lipinski definition) is 2. The number of hydrogen-bond acceptors (Lipinski definition) is 4. The van der Waals surface area contributed by atoms with Crippen LogP contribution < -0.4 is 5.32 Å². The summed E-state index contributed by atoms with van der Waals surface area (Å²) in [6, 6.07) is 2.02. The van der Waals surface area contributed by atoms with Crippen LogP contribution in [0.1, 0.15) is 48.8 Å². The van der Waals surface area contributed by atoms with E-state index in [-0.39, 0.29) is 18.6 Å². The van der Waals surface area contributed by atoms with Crippen LogP contribution in [0.25, 0.3) is 11.0 Å². The van der Waals surface area contributed by atoms with Gasteiger partial charge in [0, 0.05) is 18.8 Å². The summed E-state index contributed by atoms with van der Waals surface area (Å²) >= 11 is 0. The monoisotopic (exact) mass is 290 g/mol. The van der Waals surface area contributed by atoms with Crippen molar-refractivity contribution in [3.63, 3.8) is 0 Å². The molecule has 0 bridgehead atoms. The van der Waals surface area contributed by atoms with Gasteiger partial charge in [0.25, 0.3) is 5.91 Å². The first-order chi connectivity index (χ1) is 10.1. The normalized spacial score (nSPS) is 12.6. The first kappa shape index (κ1) is 15.4. The molecule has 0 aliphatic heterocycles. The average Bonchev–Trinajstić information content (AvgIpc) is 2.89. The molecule has 0 saturated carbocycles. The Labute approximate surface area is 124 Å². The maximum atomic E-state index is 12.3. The molecule has 6 heteroatoms. The maximum Gasteiger partial charge on any atom is 0.252 e. The molecule has 2 aromatic heterocycles. The number of carbonyl (C=O) groups excluding carboxylic acids is 1. The van der Waals surface area contributed by atoms with Crippen molar-refractivity contribution in [1.82, 2.24) is 20.1 Å². The van der Waals surface area contributed by atoms with Crippen LogP contribution >= 0.6 is 0 Å². The number of nitrogens with zero attached hydrogens (tertiary/aromatic N) is 3. The minimum atomic E-state index is -0.150. The molecule has 1 amide bonds. The lowest BCUT2D eigenvalue weighted by Crippen LogP contribution is -2.25. The Morgan fingerprint density at radius 2 is 2.29 bits per heavy atom. The highest BCUT2D eigenvalue weighted by molar-refractivity contribution is 6.05. The van der Waals surface area contributed by atoms with Gasteiger partial charge in [-0.2, -0.15) is 5.10 Å². The van der Waals surface area contributed by atoms with Gasteiger partial charge in [-0.05, 0) is 32.8 Å². The average molecular weight is 290 g/mol. The minimum Gasteiger partial charge on any atom is -0.396 e. The van der Waals surface area contributed by atoms with E-state index in [1.165, 1.54) is 0 Å². The van der Waals surface area contributed by atoms with Crippen molar-refractivity contribution >= 4 is 16.9 Å². The van der Waals surface area contributed by atoms with Crippen LogP contribution in [0.15, 0.2) is 12.3 Å². The summed E-state index contributed by atoms with van der Waals surface area (Å²) in [4.78, 5) is 16.8. The first-order valence-electron chi connectivity index (χ1n) is 7.32. The van der Waals surface area contributed by atoms with E-state index in [9.17, 15) is 4.79 Å². The zero-order chi connectivity index (χ0) is 15.4. The lowest BCUT2D eigenvalue weighted by molar-refractivity contribution is 0.0952. The maximum absolute atomic E-state index is 12.3. The van der Waals surface area contributed by atoms with E-state index < -0.39 is 0 Å². The fraction of sp³-hybridized carbons (Fsp3) is 0.533. The molecule has 0 aliphatic carbocycles. The summed E-state index contributed by atoms with van der Waals surface area (Å²) < 4.78 is 1.87. The van der Waals surface area contributed by atoms with Gasteiger partial charge >= 0.3 is 0 Å². The van der Waals surface area contributed by atoms with Crippen molar-refractivity contribution in [3.8, 4) is 0 Å². The molecule has 21 heavy (non-hydrogen) atoms. The molecule has 1 atom stereocenters. The standard InChI is InChI=1S/C15H22N4O2/c1-4-11(3)19-14-13(9-17-19)12(8-10(2)18-14)15(21)16-6-5-7-20/h8-9,11,20H,4-7H2,1-3H3,(H,16,21). The number of fused-ring (bicyclic) bond motifs is 1. The molecule has 2 aromatic rings. The number of amides is 1. The molecule has 2 rings (SSSR count). The van der Waals surface area contributed by atoms with Crippen LogP contribution in [-0.4, -0.2) is 38.9 Å². The van der Waals surface area contributed by atoms with Crippen molar-refractivity contribution < 1.29 is 9.90 Å². The molecule has 2 N–H and O–H groups in total. The highest BCUT2D eigenvalue weighted by Gasteiger charge is 2.17. The van der Waals surface area contributed by atoms with Crippen LogP contribution in [0.2, 0.25) is 0 Å². The Hall–Kier alpha value is -1.95. The number of aryl methyl sites for hydroxylation is 1. The quantitative estimate of drug-likeness (QED) is 0.795. The van der Waals surface area contributed by atoms with E-state index >= 15 is 0 Å². The van der Waals surface area contributed by atoms with Gasteiger partial charge in [-0.15, -0.1) is 0 Å². The first-order valence-corrected chi connectivity index (χ1v) is 7.32. The fourth-order valence-corrected chi connectivity index (χ4v) is 2.20.